The average molecular weight is 868 g/mol. The molecule has 0 aromatic heterocycles. The number of aryl methyl sites for hydroxylation is 2. The van der Waals surface area contributed by atoms with Crippen molar-refractivity contribution in [1.29, 1.82) is 0 Å². The second-order valence-corrected chi connectivity index (χ2v) is 17.6. The van der Waals surface area contributed by atoms with Crippen molar-refractivity contribution in [2.24, 2.45) is 0 Å². The Morgan fingerprint density at radius 1 is 0.417 bits per heavy atom. The summed E-state index contributed by atoms with van der Waals surface area (Å²) in [6.07, 6.45) is 47.2. The Bertz CT molecular complexity index is 1300. The molecule has 0 saturated heterocycles. The second-order valence-electron chi connectivity index (χ2n) is 17.6. The first kappa shape index (κ1) is 58.0. The van der Waals surface area contributed by atoms with Crippen LogP contribution < -0.4 is 0 Å². The first-order valence-electron chi connectivity index (χ1n) is 25.7. The summed E-state index contributed by atoms with van der Waals surface area (Å²) in [6, 6.07) is 17.5. The molecule has 0 N–H and O–H groups in total. The third-order valence-electron chi connectivity index (χ3n) is 11.9. The first-order chi connectivity index (χ1) is 29.0. The van der Waals surface area contributed by atoms with Crippen LogP contribution in [-0.4, -0.2) is 4.70 Å². The first-order valence-corrected chi connectivity index (χ1v) is 25.7. The van der Waals surface area contributed by atoms with E-state index in [1.165, 1.54) is 195 Å². The third kappa shape index (κ3) is 28.6. The summed E-state index contributed by atoms with van der Waals surface area (Å²) in [4.78, 5) is 0. The molecule has 2 nitrogen and oxygen atoms in total. The summed E-state index contributed by atoms with van der Waals surface area (Å²) in [5.41, 5.74) is 19.4. The Balaban J connectivity index is 0.00000107. The van der Waals surface area contributed by atoms with Gasteiger partial charge in [-0.3, -0.25) is 0 Å². The van der Waals surface area contributed by atoms with E-state index >= 15 is 0 Å². The number of hydrogen-bond acceptors (Lipinski definition) is 0. The predicted molar refractivity (Wildman–Crippen MR) is 266 cm³/mol. The number of nitrogens with zero attached hydrogens (tertiary/aromatic N) is 2. The number of allylic oxidation sites excluding steroid dienone is 2. The van der Waals surface area contributed by atoms with Gasteiger partial charge in [-0.05, 0) is 73.9 Å². The SMILES string of the molecule is CCCCCCc1cccc(C2=C(CCCC)C=C(c3cccc(CCCCC)c3)[N+]2=[N-])c1.[CH2-]CCCCCCCCCCCC.[CH2-]CCCCCCCCCCCC.[Ni+2]. The topological polar surface area (TPSA) is 25.3 Å². The number of rotatable bonds is 34. The maximum atomic E-state index is 11.4. The zero-order valence-electron chi connectivity index (χ0n) is 40.4. The van der Waals surface area contributed by atoms with Gasteiger partial charge in [-0.1, -0.05) is 226 Å². The van der Waals surface area contributed by atoms with Crippen molar-refractivity contribution in [3.05, 3.63) is 102 Å². The Labute approximate surface area is 385 Å². The van der Waals surface area contributed by atoms with Crippen molar-refractivity contribution in [3.8, 4) is 0 Å². The van der Waals surface area contributed by atoms with Crippen molar-refractivity contribution in [3.63, 3.8) is 0 Å². The van der Waals surface area contributed by atoms with Crippen LogP contribution in [0.25, 0.3) is 16.9 Å². The van der Waals surface area contributed by atoms with Gasteiger partial charge in [-0.25, -0.2) is 4.70 Å². The largest absolute Gasteiger partial charge is 2.00 e. The molecule has 1 aliphatic heterocycles. The standard InChI is InChI=1S/C31H42N2.2C13H27.Ni/c1-4-7-10-12-16-26-18-14-21-28(23-26)31-29(19-9-6-3)24-30(33(31)32)27-20-13-17-25(22-27)15-11-8-5-2;2*1-3-5-7-9-11-13-12-10-8-6-4-2;/h13-14,17-18,20-24H,4-12,15-16,19H2,1-3H3;2*1,3-13H2,2H3;/q;2*-1;+2. The van der Waals surface area contributed by atoms with Crippen LogP contribution in [-0.2, 0) is 29.3 Å². The van der Waals surface area contributed by atoms with Gasteiger partial charge in [0.1, 0.15) is 0 Å². The number of unbranched alkanes of at least 4 members (excludes halogenated alkanes) is 26. The monoisotopic (exact) mass is 867 g/mol. The fourth-order valence-corrected chi connectivity index (χ4v) is 8.05. The molecule has 3 rings (SSSR count). The predicted octanol–water partition coefficient (Wildman–Crippen LogP) is 19.8. The van der Waals surface area contributed by atoms with Crippen molar-refractivity contribution in [2.45, 2.75) is 253 Å². The molecule has 2 aromatic rings. The zero-order chi connectivity index (χ0) is 43.0. The Kier molecular flexibility index (Phi) is 40.9. The summed E-state index contributed by atoms with van der Waals surface area (Å²) < 4.78 is 1.45. The summed E-state index contributed by atoms with van der Waals surface area (Å²) in [5, 5.41) is 0. The normalized spacial score (nSPS) is 12.1. The van der Waals surface area contributed by atoms with Crippen LogP contribution in [0.4, 0.5) is 0 Å². The second kappa shape index (κ2) is 42.3. The van der Waals surface area contributed by atoms with Gasteiger partial charge in [-0.2, -0.15) is 12.8 Å². The van der Waals surface area contributed by atoms with Gasteiger partial charge in [0.2, 0.25) is 11.4 Å². The van der Waals surface area contributed by atoms with Crippen molar-refractivity contribution < 1.29 is 21.2 Å². The molecule has 0 bridgehead atoms. The van der Waals surface area contributed by atoms with Crippen molar-refractivity contribution in [2.75, 3.05) is 0 Å². The molecule has 3 heteroatoms. The summed E-state index contributed by atoms with van der Waals surface area (Å²) in [7, 11) is 0. The minimum Gasteiger partial charge on any atom is -0.493 e. The third-order valence-corrected chi connectivity index (χ3v) is 11.9. The van der Waals surface area contributed by atoms with Crippen molar-refractivity contribution >= 4 is 11.4 Å². The minimum atomic E-state index is 0. The molecule has 0 spiro atoms. The van der Waals surface area contributed by atoms with Gasteiger partial charge in [0.05, 0.1) is 0 Å². The molecule has 1 heterocycles. The maximum absolute atomic E-state index is 11.4. The molecular weight excluding hydrogens is 771 g/mol. The van der Waals surface area contributed by atoms with E-state index in [1.807, 2.05) is 0 Å². The van der Waals surface area contributed by atoms with Crippen LogP contribution in [0.1, 0.15) is 262 Å². The van der Waals surface area contributed by atoms with Gasteiger partial charge in [0, 0.05) is 22.8 Å². The van der Waals surface area contributed by atoms with Crippen LogP contribution in [0, 0.1) is 13.8 Å². The van der Waals surface area contributed by atoms with E-state index in [0.29, 0.717) is 0 Å². The van der Waals surface area contributed by atoms with E-state index < -0.39 is 0 Å². The van der Waals surface area contributed by atoms with Gasteiger partial charge in [0.25, 0.3) is 0 Å². The van der Waals surface area contributed by atoms with Crippen LogP contribution in [0.3, 0.4) is 0 Å². The molecular formula is C57H96N2Ni. The fraction of sp³-hybridized carbons (Fsp3) is 0.684. The Morgan fingerprint density at radius 3 is 1.20 bits per heavy atom. The number of hydrogen-bond donors (Lipinski definition) is 0. The molecule has 1 aliphatic rings. The Morgan fingerprint density at radius 2 is 0.767 bits per heavy atom. The van der Waals surface area contributed by atoms with Crippen LogP contribution in [0.2, 0.25) is 0 Å². The molecule has 0 amide bonds. The average Bonchev–Trinajstić information content (AvgIpc) is 3.59. The molecule has 0 unspecified atom stereocenters. The van der Waals surface area contributed by atoms with E-state index in [0.717, 1.165) is 67.5 Å². The molecule has 0 aliphatic carbocycles. The minimum absolute atomic E-state index is 0. The molecule has 0 atom stereocenters. The zero-order valence-corrected chi connectivity index (χ0v) is 41.4. The van der Waals surface area contributed by atoms with Crippen LogP contribution in [0.5, 0.6) is 0 Å². The molecule has 344 valence electrons. The number of benzene rings is 2. The van der Waals surface area contributed by atoms with Crippen molar-refractivity contribution in [1.82, 2.24) is 0 Å². The quantitative estimate of drug-likeness (QED) is 0.0290. The summed E-state index contributed by atoms with van der Waals surface area (Å²) in [6.45, 7) is 19.0. The summed E-state index contributed by atoms with van der Waals surface area (Å²) >= 11 is 0. The summed E-state index contributed by atoms with van der Waals surface area (Å²) in [5.74, 6) is 0. The van der Waals surface area contributed by atoms with Gasteiger partial charge in [0.15, 0.2) is 0 Å². The molecule has 0 saturated carbocycles. The van der Waals surface area contributed by atoms with E-state index in [2.05, 4.69) is 103 Å². The molecule has 0 radical (unpaired) electrons. The van der Waals surface area contributed by atoms with Crippen LogP contribution in [0.15, 0.2) is 60.2 Å². The molecule has 2 aromatic carbocycles. The smallest absolute Gasteiger partial charge is 0.493 e. The van der Waals surface area contributed by atoms with E-state index in [-0.39, 0.29) is 16.5 Å². The van der Waals surface area contributed by atoms with Crippen LogP contribution >= 0.6 is 0 Å². The van der Waals surface area contributed by atoms with Gasteiger partial charge >= 0.3 is 16.5 Å². The molecule has 60 heavy (non-hydrogen) atoms. The van der Waals surface area contributed by atoms with E-state index in [4.69, 9.17) is 0 Å². The fourth-order valence-electron chi connectivity index (χ4n) is 8.05. The molecule has 0 fully saturated rings. The van der Waals surface area contributed by atoms with E-state index in [9.17, 15) is 5.53 Å². The van der Waals surface area contributed by atoms with Gasteiger partial charge < -0.3 is 19.4 Å². The van der Waals surface area contributed by atoms with E-state index in [1.54, 1.807) is 0 Å². The van der Waals surface area contributed by atoms with Gasteiger partial charge in [-0.15, -0.1) is 0 Å². The Hall–Kier alpha value is -1.99. The maximum Gasteiger partial charge on any atom is 2.00 e.